The lowest BCUT2D eigenvalue weighted by Crippen LogP contribution is -2.35. The van der Waals surface area contributed by atoms with Crippen molar-refractivity contribution in [2.45, 2.75) is 31.9 Å². The Morgan fingerprint density at radius 2 is 2.00 bits per heavy atom. The highest BCUT2D eigenvalue weighted by Crippen LogP contribution is 2.37. The second-order valence-electron chi connectivity index (χ2n) is 6.44. The molecular weight excluding hydrogens is 318 g/mol. The van der Waals surface area contributed by atoms with Crippen molar-refractivity contribution in [3.63, 3.8) is 0 Å². The predicted molar refractivity (Wildman–Crippen MR) is 93.8 cm³/mol. The molecule has 0 spiro atoms. The summed E-state index contributed by atoms with van der Waals surface area (Å²) in [6, 6.07) is 12.9. The van der Waals surface area contributed by atoms with Gasteiger partial charge >= 0.3 is 5.97 Å². The van der Waals surface area contributed by atoms with Crippen LogP contribution in [0.2, 0.25) is 0 Å². The van der Waals surface area contributed by atoms with Crippen molar-refractivity contribution in [2.24, 2.45) is 0 Å². The number of aromatic nitrogens is 2. The molecule has 0 saturated heterocycles. The second kappa shape index (κ2) is 6.22. The van der Waals surface area contributed by atoms with Crippen LogP contribution in [0.3, 0.4) is 0 Å². The van der Waals surface area contributed by atoms with Gasteiger partial charge in [-0.15, -0.1) is 0 Å². The zero-order valence-corrected chi connectivity index (χ0v) is 13.8. The molecule has 1 heterocycles. The number of ether oxygens (including phenoxy) is 1. The van der Waals surface area contributed by atoms with Gasteiger partial charge in [0.1, 0.15) is 6.10 Å². The Kier molecular flexibility index (Phi) is 3.89. The van der Waals surface area contributed by atoms with Crippen LogP contribution in [0.1, 0.15) is 34.8 Å². The number of esters is 1. The van der Waals surface area contributed by atoms with Crippen LogP contribution in [-0.2, 0) is 4.74 Å². The first-order valence-electron chi connectivity index (χ1n) is 8.29. The number of para-hydroxylation sites is 1. The summed E-state index contributed by atoms with van der Waals surface area (Å²) in [6.07, 6.45) is 3.34. The van der Waals surface area contributed by atoms with E-state index in [1.807, 2.05) is 17.7 Å². The fraction of sp³-hybridized carbons (Fsp3) is 0.263. The SMILES string of the molecule is Cc1cccc2cnn(C3CC(OC(=O)c4ccc(NO)cc4)C3)c12. The lowest BCUT2D eigenvalue weighted by Gasteiger charge is -2.35. The quantitative estimate of drug-likeness (QED) is 0.561. The Morgan fingerprint density at radius 3 is 2.72 bits per heavy atom. The van der Waals surface area contributed by atoms with E-state index in [1.54, 1.807) is 24.3 Å². The van der Waals surface area contributed by atoms with E-state index in [4.69, 9.17) is 9.94 Å². The van der Waals surface area contributed by atoms with Crippen LogP contribution in [0, 0.1) is 6.92 Å². The van der Waals surface area contributed by atoms with Crippen LogP contribution in [0.4, 0.5) is 5.69 Å². The molecule has 2 aromatic carbocycles. The van der Waals surface area contributed by atoms with Gasteiger partial charge in [0.15, 0.2) is 0 Å². The summed E-state index contributed by atoms with van der Waals surface area (Å²) < 4.78 is 7.61. The molecular formula is C19H19N3O3. The first-order chi connectivity index (χ1) is 12.2. The van der Waals surface area contributed by atoms with Crippen LogP contribution in [0.25, 0.3) is 10.9 Å². The summed E-state index contributed by atoms with van der Waals surface area (Å²) in [5.74, 6) is -0.338. The van der Waals surface area contributed by atoms with E-state index in [0.29, 0.717) is 11.3 Å². The van der Waals surface area contributed by atoms with Crippen molar-refractivity contribution >= 4 is 22.6 Å². The van der Waals surface area contributed by atoms with Gasteiger partial charge in [-0.25, -0.2) is 4.79 Å². The van der Waals surface area contributed by atoms with Gasteiger partial charge < -0.3 is 4.74 Å². The molecule has 0 atom stereocenters. The number of hydrogen-bond acceptors (Lipinski definition) is 5. The number of rotatable bonds is 4. The molecule has 0 aliphatic heterocycles. The normalized spacial score (nSPS) is 19.4. The third kappa shape index (κ3) is 2.85. The highest BCUT2D eigenvalue weighted by molar-refractivity contribution is 5.90. The highest BCUT2D eigenvalue weighted by Gasteiger charge is 2.35. The lowest BCUT2D eigenvalue weighted by atomic mass is 9.89. The van der Waals surface area contributed by atoms with Gasteiger partial charge in [-0.05, 0) is 36.8 Å². The fourth-order valence-corrected chi connectivity index (χ4v) is 3.29. The minimum atomic E-state index is -0.338. The summed E-state index contributed by atoms with van der Waals surface area (Å²) in [5.41, 5.74) is 5.40. The van der Waals surface area contributed by atoms with Gasteiger partial charge in [0.25, 0.3) is 0 Å². The molecule has 6 nitrogen and oxygen atoms in total. The number of carbonyl (C=O) groups excluding carboxylic acids is 1. The molecule has 1 aromatic heterocycles. The van der Waals surface area contributed by atoms with Crippen molar-refractivity contribution in [3.05, 3.63) is 59.8 Å². The third-order valence-corrected chi connectivity index (χ3v) is 4.76. The number of anilines is 1. The number of carbonyl (C=O) groups is 1. The molecule has 1 aliphatic carbocycles. The summed E-state index contributed by atoms with van der Waals surface area (Å²) in [7, 11) is 0. The standard InChI is InChI=1S/C19H19N3O3/c1-12-3-2-4-14-11-20-22(18(12)14)16-9-17(10-16)25-19(23)13-5-7-15(21-24)8-6-13/h2-8,11,16-17,21,24H,9-10H2,1H3. The number of benzene rings is 2. The van der Waals surface area contributed by atoms with Crippen molar-refractivity contribution in [1.29, 1.82) is 0 Å². The average molecular weight is 337 g/mol. The van der Waals surface area contributed by atoms with Gasteiger partial charge in [-0.2, -0.15) is 5.10 Å². The maximum Gasteiger partial charge on any atom is 0.338 e. The minimum Gasteiger partial charge on any atom is -0.459 e. The zero-order chi connectivity index (χ0) is 17.4. The molecule has 6 heteroatoms. The largest absolute Gasteiger partial charge is 0.459 e. The minimum absolute atomic E-state index is 0.0867. The highest BCUT2D eigenvalue weighted by atomic mass is 16.5. The molecule has 128 valence electrons. The Labute approximate surface area is 145 Å². The van der Waals surface area contributed by atoms with Crippen LogP contribution in [0.5, 0.6) is 0 Å². The van der Waals surface area contributed by atoms with E-state index in [-0.39, 0.29) is 18.1 Å². The van der Waals surface area contributed by atoms with Crippen molar-refractivity contribution < 1.29 is 14.7 Å². The van der Waals surface area contributed by atoms with Gasteiger partial charge in [-0.1, -0.05) is 18.2 Å². The molecule has 0 radical (unpaired) electrons. The Hall–Kier alpha value is -2.86. The topological polar surface area (TPSA) is 76.4 Å². The third-order valence-electron chi connectivity index (χ3n) is 4.76. The van der Waals surface area contributed by atoms with Crippen LogP contribution in [0.15, 0.2) is 48.7 Å². The van der Waals surface area contributed by atoms with E-state index < -0.39 is 0 Å². The van der Waals surface area contributed by atoms with Gasteiger partial charge in [0.2, 0.25) is 0 Å². The van der Waals surface area contributed by atoms with E-state index in [0.717, 1.165) is 23.7 Å². The molecule has 4 rings (SSSR count). The second-order valence-corrected chi connectivity index (χ2v) is 6.44. The number of hydrogen-bond donors (Lipinski definition) is 2. The van der Waals surface area contributed by atoms with Gasteiger partial charge in [-0.3, -0.25) is 15.4 Å². The summed E-state index contributed by atoms with van der Waals surface area (Å²) in [4.78, 5) is 12.2. The van der Waals surface area contributed by atoms with Gasteiger partial charge in [0.05, 0.1) is 29.0 Å². The molecule has 1 fully saturated rings. The first-order valence-corrected chi connectivity index (χ1v) is 8.29. The van der Waals surface area contributed by atoms with Gasteiger partial charge in [0, 0.05) is 18.2 Å². The molecule has 0 bridgehead atoms. The molecule has 0 amide bonds. The molecule has 1 saturated carbocycles. The summed E-state index contributed by atoms with van der Waals surface area (Å²) >= 11 is 0. The Morgan fingerprint density at radius 1 is 1.24 bits per heavy atom. The molecule has 2 N–H and O–H groups in total. The number of nitrogens with one attached hydrogen (secondary N) is 1. The number of aryl methyl sites for hydroxylation is 1. The maximum absolute atomic E-state index is 12.2. The van der Waals surface area contributed by atoms with Crippen molar-refractivity contribution in [2.75, 3.05) is 5.48 Å². The zero-order valence-electron chi connectivity index (χ0n) is 13.8. The molecule has 1 aliphatic rings. The Balaban J connectivity index is 1.40. The van der Waals surface area contributed by atoms with Crippen molar-refractivity contribution in [3.8, 4) is 0 Å². The average Bonchev–Trinajstić information content (AvgIpc) is 3.02. The first kappa shape index (κ1) is 15.7. The number of nitrogens with zero attached hydrogens (tertiary/aromatic N) is 2. The monoisotopic (exact) mass is 337 g/mol. The summed E-state index contributed by atoms with van der Waals surface area (Å²) in [6.45, 7) is 2.08. The van der Waals surface area contributed by atoms with E-state index in [9.17, 15) is 4.79 Å². The predicted octanol–water partition coefficient (Wildman–Crippen LogP) is 3.71. The maximum atomic E-state index is 12.2. The number of fused-ring (bicyclic) bond motifs is 1. The van der Waals surface area contributed by atoms with E-state index in [1.165, 1.54) is 5.56 Å². The molecule has 0 unspecified atom stereocenters. The molecule has 25 heavy (non-hydrogen) atoms. The molecule has 3 aromatic rings. The smallest absolute Gasteiger partial charge is 0.338 e. The van der Waals surface area contributed by atoms with E-state index in [2.05, 4.69) is 28.8 Å². The van der Waals surface area contributed by atoms with Crippen LogP contribution < -0.4 is 5.48 Å². The van der Waals surface area contributed by atoms with Crippen LogP contribution >= 0.6 is 0 Å². The Bertz CT molecular complexity index is 911. The van der Waals surface area contributed by atoms with E-state index >= 15 is 0 Å². The lowest BCUT2D eigenvalue weighted by molar-refractivity contribution is -0.00925. The van der Waals surface area contributed by atoms with Crippen LogP contribution in [-0.4, -0.2) is 27.1 Å². The summed E-state index contributed by atoms with van der Waals surface area (Å²) in [5, 5.41) is 14.5. The fourth-order valence-electron chi connectivity index (χ4n) is 3.29. The van der Waals surface area contributed by atoms with Crippen molar-refractivity contribution in [1.82, 2.24) is 9.78 Å².